The first-order chi connectivity index (χ1) is 9.14. The van der Waals surface area contributed by atoms with E-state index in [-0.39, 0.29) is 19.5 Å². The summed E-state index contributed by atoms with van der Waals surface area (Å²) in [6, 6.07) is -0.501. The minimum Gasteiger partial charge on any atom is -0.481 e. The highest BCUT2D eigenvalue weighted by Crippen LogP contribution is 2.29. The highest BCUT2D eigenvalue weighted by atomic mass is 19.4. The normalized spacial score (nSPS) is 23.5. The Balaban J connectivity index is 2.38. The summed E-state index contributed by atoms with van der Waals surface area (Å²) in [5.41, 5.74) is -0.985. The summed E-state index contributed by atoms with van der Waals surface area (Å²) in [6.07, 6.45) is -4.30. The lowest BCUT2D eigenvalue weighted by Crippen LogP contribution is -2.51. The maximum Gasteiger partial charge on any atom is 0.389 e. The third-order valence-electron chi connectivity index (χ3n) is 3.41. The second-order valence-electron chi connectivity index (χ2n) is 5.34. The zero-order valence-corrected chi connectivity index (χ0v) is 11.3. The van der Waals surface area contributed by atoms with Crippen LogP contribution < -0.4 is 5.32 Å². The fourth-order valence-electron chi connectivity index (χ4n) is 2.18. The lowest BCUT2D eigenvalue weighted by molar-refractivity contribution is -0.150. The number of alkyl halides is 3. The SMILES string of the molecule is CC1(C(=O)O)CCCN(C(=O)NCCCC(F)(F)F)C1. The van der Waals surface area contributed by atoms with Crippen LogP contribution in [0, 0.1) is 5.41 Å². The molecule has 1 atom stereocenters. The smallest absolute Gasteiger partial charge is 0.389 e. The standard InChI is InChI=1S/C12H19F3N2O3/c1-11(9(18)19)4-3-7-17(8-11)10(20)16-6-2-5-12(13,14)15/h2-8H2,1H3,(H,16,20)(H,18,19). The Kier molecular flexibility index (Phi) is 5.24. The Morgan fingerprint density at radius 2 is 2.05 bits per heavy atom. The number of rotatable bonds is 4. The largest absolute Gasteiger partial charge is 0.481 e. The molecule has 1 fully saturated rings. The van der Waals surface area contributed by atoms with Crippen LogP contribution in [0.1, 0.15) is 32.6 Å². The summed E-state index contributed by atoms with van der Waals surface area (Å²) in [6.45, 7) is 2.00. The van der Waals surface area contributed by atoms with Crippen LogP contribution in [0.5, 0.6) is 0 Å². The maximum absolute atomic E-state index is 11.9. The van der Waals surface area contributed by atoms with Crippen molar-refractivity contribution in [2.24, 2.45) is 5.41 Å². The van der Waals surface area contributed by atoms with E-state index in [0.29, 0.717) is 19.4 Å². The van der Waals surface area contributed by atoms with Gasteiger partial charge in [-0.2, -0.15) is 13.2 Å². The molecular formula is C12H19F3N2O3. The molecule has 8 heteroatoms. The zero-order chi connectivity index (χ0) is 15.4. The fraction of sp³-hybridized carbons (Fsp3) is 0.833. The zero-order valence-electron chi connectivity index (χ0n) is 11.3. The molecule has 1 saturated heterocycles. The molecule has 116 valence electrons. The molecule has 0 spiro atoms. The monoisotopic (exact) mass is 296 g/mol. The van der Waals surface area contributed by atoms with Gasteiger partial charge in [-0.1, -0.05) is 0 Å². The second kappa shape index (κ2) is 6.32. The number of nitrogens with zero attached hydrogens (tertiary/aromatic N) is 1. The number of halogens is 3. The molecule has 1 aliphatic heterocycles. The Hall–Kier alpha value is -1.47. The van der Waals surface area contributed by atoms with Gasteiger partial charge in [0.25, 0.3) is 0 Å². The lowest BCUT2D eigenvalue weighted by Gasteiger charge is -2.37. The average Bonchev–Trinajstić information content (AvgIpc) is 2.33. The number of nitrogens with one attached hydrogen (secondary N) is 1. The third-order valence-corrected chi connectivity index (χ3v) is 3.41. The summed E-state index contributed by atoms with van der Waals surface area (Å²) < 4.78 is 35.8. The highest BCUT2D eigenvalue weighted by Gasteiger charge is 2.39. The number of aliphatic carboxylic acids is 1. The number of amides is 2. The maximum atomic E-state index is 11.9. The Morgan fingerprint density at radius 3 is 2.60 bits per heavy atom. The topological polar surface area (TPSA) is 69.6 Å². The first-order valence-corrected chi connectivity index (χ1v) is 6.47. The number of carbonyl (C=O) groups is 2. The van der Waals surface area contributed by atoms with E-state index in [1.54, 1.807) is 6.92 Å². The van der Waals surface area contributed by atoms with Crippen molar-refractivity contribution < 1.29 is 27.9 Å². The predicted molar refractivity (Wildman–Crippen MR) is 65.2 cm³/mol. The van der Waals surface area contributed by atoms with Gasteiger partial charge in [0.05, 0.1) is 5.41 Å². The van der Waals surface area contributed by atoms with Crippen molar-refractivity contribution in [2.75, 3.05) is 19.6 Å². The number of carboxylic acids is 1. The predicted octanol–water partition coefficient (Wildman–Crippen LogP) is 2.23. The van der Waals surface area contributed by atoms with Crippen molar-refractivity contribution in [3.8, 4) is 0 Å². The minimum absolute atomic E-state index is 0.0708. The van der Waals surface area contributed by atoms with Crippen LogP contribution in [0.15, 0.2) is 0 Å². The summed E-state index contributed by atoms with van der Waals surface area (Å²) in [5.74, 6) is -0.966. The number of likely N-dealkylation sites (tertiary alicyclic amines) is 1. The molecule has 1 unspecified atom stereocenters. The van der Waals surface area contributed by atoms with Crippen molar-refractivity contribution in [1.29, 1.82) is 0 Å². The molecule has 0 aromatic rings. The molecule has 0 aliphatic carbocycles. The molecule has 0 radical (unpaired) electrons. The molecule has 0 aromatic heterocycles. The van der Waals surface area contributed by atoms with Gasteiger partial charge < -0.3 is 15.3 Å². The number of carbonyl (C=O) groups excluding carboxylic acids is 1. The Labute approximate surface area is 115 Å². The van der Waals surface area contributed by atoms with Gasteiger partial charge in [-0.05, 0) is 26.2 Å². The van der Waals surface area contributed by atoms with Crippen molar-refractivity contribution in [3.63, 3.8) is 0 Å². The highest BCUT2D eigenvalue weighted by molar-refractivity contribution is 5.78. The first-order valence-electron chi connectivity index (χ1n) is 6.47. The number of hydrogen-bond donors (Lipinski definition) is 2. The van der Waals surface area contributed by atoms with Crippen molar-refractivity contribution in [1.82, 2.24) is 10.2 Å². The van der Waals surface area contributed by atoms with Crippen LogP contribution in [0.25, 0.3) is 0 Å². The van der Waals surface area contributed by atoms with Gasteiger partial charge in [-0.15, -0.1) is 0 Å². The van der Waals surface area contributed by atoms with Crippen LogP contribution in [0.4, 0.5) is 18.0 Å². The molecule has 0 bridgehead atoms. The van der Waals surface area contributed by atoms with E-state index in [1.807, 2.05) is 0 Å². The van der Waals surface area contributed by atoms with E-state index in [0.717, 1.165) is 0 Å². The van der Waals surface area contributed by atoms with Gasteiger partial charge in [-0.3, -0.25) is 4.79 Å². The van der Waals surface area contributed by atoms with Gasteiger partial charge in [0.2, 0.25) is 0 Å². The van der Waals surface area contributed by atoms with Crippen molar-refractivity contribution in [3.05, 3.63) is 0 Å². The van der Waals surface area contributed by atoms with E-state index in [9.17, 15) is 22.8 Å². The summed E-state index contributed by atoms with van der Waals surface area (Å²) in [7, 11) is 0. The van der Waals surface area contributed by atoms with Crippen LogP contribution in [-0.2, 0) is 4.79 Å². The van der Waals surface area contributed by atoms with Crippen molar-refractivity contribution >= 4 is 12.0 Å². The van der Waals surface area contributed by atoms with Gasteiger partial charge in [0.1, 0.15) is 0 Å². The number of hydrogen-bond acceptors (Lipinski definition) is 2. The van der Waals surface area contributed by atoms with Gasteiger partial charge in [0, 0.05) is 26.1 Å². The number of piperidine rings is 1. The van der Waals surface area contributed by atoms with E-state index in [2.05, 4.69) is 5.32 Å². The molecule has 0 aromatic carbocycles. The summed E-state index contributed by atoms with van der Waals surface area (Å²) in [4.78, 5) is 24.3. The van der Waals surface area contributed by atoms with Crippen LogP contribution in [-0.4, -0.2) is 47.8 Å². The molecule has 2 N–H and O–H groups in total. The van der Waals surface area contributed by atoms with E-state index in [1.165, 1.54) is 4.90 Å². The molecular weight excluding hydrogens is 277 g/mol. The van der Waals surface area contributed by atoms with Crippen LogP contribution in [0.2, 0.25) is 0 Å². The summed E-state index contributed by atoms with van der Waals surface area (Å²) >= 11 is 0. The second-order valence-corrected chi connectivity index (χ2v) is 5.34. The number of carboxylic acid groups (broad SMARTS) is 1. The van der Waals surface area contributed by atoms with E-state index < -0.39 is 30.0 Å². The van der Waals surface area contributed by atoms with Crippen molar-refractivity contribution in [2.45, 2.75) is 38.8 Å². The molecule has 1 rings (SSSR count). The average molecular weight is 296 g/mol. The van der Waals surface area contributed by atoms with Crippen LogP contribution in [0.3, 0.4) is 0 Å². The van der Waals surface area contributed by atoms with Gasteiger partial charge >= 0.3 is 18.2 Å². The lowest BCUT2D eigenvalue weighted by atomic mass is 9.82. The number of urea groups is 1. The minimum atomic E-state index is -4.22. The Bertz CT molecular complexity index is 373. The van der Waals surface area contributed by atoms with Gasteiger partial charge in [0.15, 0.2) is 0 Å². The molecule has 5 nitrogen and oxygen atoms in total. The molecule has 20 heavy (non-hydrogen) atoms. The van der Waals surface area contributed by atoms with E-state index in [4.69, 9.17) is 5.11 Å². The molecule has 0 saturated carbocycles. The van der Waals surface area contributed by atoms with E-state index >= 15 is 0 Å². The first kappa shape index (κ1) is 16.6. The van der Waals surface area contributed by atoms with Crippen LogP contribution >= 0.6 is 0 Å². The third kappa shape index (κ3) is 4.90. The molecule has 1 heterocycles. The van der Waals surface area contributed by atoms with Gasteiger partial charge in [-0.25, -0.2) is 4.79 Å². The fourth-order valence-corrected chi connectivity index (χ4v) is 2.18. The quantitative estimate of drug-likeness (QED) is 0.782. The summed E-state index contributed by atoms with van der Waals surface area (Å²) in [5, 5.41) is 11.5. The molecule has 1 aliphatic rings. The molecule has 2 amide bonds. The Morgan fingerprint density at radius 1 is 1.40 bits per heavy atom.